The highest BCUT2D eigenvalue weighted by atomic mass is 15.2. The molecule has 0 bridgehead atoms. The fraction of sp³-hybridized carbons (Fsp3) is 1.00. The van der Waals surface area contributed by atoms with Crippen molar-refractivity contribution in [3.63, 3.8) is 0 Å². The lowest BCUT2D eigenvalue weighted by atomic mass is 9.87. The molecular formula is C13H28N2. The maximum atomic E-state index is 3.66. The fourth-order valence-corrected chi connectivity index (χ4v) is 2.93. The Labute approximate surface area is 95.4 Å². The molecule has 2 heteroatoms. The minimum Gasteiger partial charge on any atom is -0.311 e. The molecular weight excluding hydrogens is 184 g/mol. The SMILES string of the molecule is CC.CC(C)N1CCNC2CCCCC21. The highest BCUT2D eigenvalue weighted by Gasteiger charge is 2.33. The van der Waals surface area contributed by atoms with Crippen molar-refractivity contribution in [2.75, 3.05) is 13.1 Å². The predicted molar refractivity (Wildman–Crippen MR) is 67.2 cm³/mol. The van der Waals surface area contributed by atoms with Crippen LogP contribution in [-0.2, 0) is 0 Å². The largest absolute Gasteiger partial charge is 0.311 e. The topological polar surface area (TPSA) is 15.3 Å². The molecule has 1 saturated heterocycles. The van der Waals surface area contributed by atoms with Crippen LogP contribution in [0.1, 0.15) is 53.4 Å². The van der Waals surface area contributed by atoms with Crippen molar-refractivity contribution < 1.29 is 0 Å². The van der Waals surface area contributed by atoms with Crippen molar-refractivity contribution >= 4 is 0 Å². The van der Waals surface area contributed by atoms with Gasteiger partial charge in [0.25, 0.3) is 0 Å². The Kier molecular flexibility index (Phi) is 5.62. The third-order valence-corrected chi connectivity index (χ3v) is 3.60. The second-order valence-corrected chi connectivity index (χ2v) is 4.74. The Bertz CT molecular complexity index is 166. The van der Waals surface area contributed by atoms with Crippen molar-refractivity contribution in [1.82, 2.24) is 10.2 Å². The Balaban J connectivity index is 0.000000531. The van der Waals surface area contributed by atoms with E-state index in [0.29, 0.717) is 0 Å². The zero-order valence-corrected chi connectivity index (χ0v) is 10.9. The van der Waals surface area contributed by atoms with Gasteiger partial charge in [0, 0.05) is 31.2 Å². The van der Waals surface area contributed by atoms with Crippen LogP contribution in [0.5, 0.6) is 0 Å². The van der Waals surface area contributed by atoms with Crippen molar-refractivity contribution in [3.8, 4) is 0 Å². The molecule has 0 aromatic carbocycles. The van der Waals surface area contributed by atoms with Crippen LogP contribution in [0.3, 0.4) is 0 Å². The van der Waals surface area contributed by atoms with E-state index in [1.54, 1.807) is 0 Å². The van der Waals surface area contributed by atoms with Crippen LogP contribution in [0.4, 0.5) is 0 Å². The minimum atomic E-state index is 0.729. The molecule has 0 aromatic heterocycles. The summed E-state index contributed by atoms with van der Waals surface area (Å²) in [5, 5.41) is 3.66. The molecule has 2 unspecified atom stereocenters. The lowest BCUT2D eigenvalue weighted by Gasteiger charge is -2.46. The van der Waals surface area contributed by atoms with Crippen molar-refractivity contribution in [1.29, 1.82) is 0 Å². The summed E-state index contributed by atoms with van der Waals surface area (Å²) >= 11 is 0. The molecule has 90 valence electrons. The summed E-state index contributed by atoms with van der Waals surface area (Å²) in [5.74, 6) is 0. The quantitative estimate of drug-likeness (QED) is 0.719. The molecule has 2 fully saturated rings. The molecule has 2 nitrogen and oxygen atoms in total. The highest BCUT2D eigenvalue weighted by Crippen LogP contribution is 2.26. The first-order valence-electron chi connectivity index (χ1n) is 6.78. The number of nitrogens with zero attached hydrogens (tertiary/aromatic N) is 1. The molecule has 0 amide bonds. The third-order valence-electron chi connectivity index (χ3n) is 3.60. The van der Waals surface area contributed by atoms with Gasteiger partial charge in [-0.3, -0.25) is 4.90 Å². The van der Waals surface area contributed by atoms with Crippen LogP contribution < -0.4 is 5.32 Å². The number of piperazine rings is 1. The van der Waals surface area contributed by atoms with Crippen molar-refractivity contribution in [2.24, 2.45) is 0 Å². The van der Waals surface area contributed by atoms with Crippen LogP contribution in [0.15, 0.2) is 0 Å². The lowest BCUT2D eigenvalue weighted by Crippen LogP contribution is -2.60. The summed E-state index contributed by atoms with van der Waals surface area (Å²) in [4.78, 5) is 2.69. The van der Waals surface area contributed by atoms with Crippen LogP contribution in [0.2, 0.25) is 0 Å². The molecule has 2 rings (SSSR count). The molecule has 1 aliphatic carbocycles. The van der Waals surface area contributed by atoms with Gasteiger partial charge in [0.05, 0.1) is 0 Å². The maximum absolute atomic E-state index is 3.66. The van der Waals surface area contributed by atoms with Crippen LogP contribution in [0.25, 0.3) is 0 Å². The van der Waals surface area contributed by atoms with Crippen molar-refractivity contribution in [2.45, 2.75) is 71.5 Å². The maximum Gasteiger partial charge on any atom is 0.0252 e. The Morgan fingerprint density at radius 2 is 1.80 bits per heavy atom. The van der Waals surface area contributed by atoms with Gasteiger partial charge < -0.3 is 5.32 Å². The molecule has 0 aromatic rings. The van der Waals surface area contributed by atoms with Gasteiger partial charge in [-0.05, 0) is 26.7 Å². The average Bonchev–Trinajstić information content (AvgIpc) is 2.31. The number of hydrogen-bond donors (Lipinski definition) is 1. The number of hydrogen-bond acceptors (Lipinski definition) is 2. The van der Waals surface area contributed by atoms with Crippen LogP contribution in [0, 0.1) is 0 Å². The number of nitrogens with one attached hydrogen (secondary N) is 1. The first kappa shape index (κ1) is 13.0. The first-order valence-corrected chi connectivity index (χ1v) is 6.78. The Morgan fingerprint density at radius 3 is 2.47 bits per heavy atom. The van der Waals surface area contributed by atoms with E-state index in [0.717, 1.165) is 18.1 Å². The standard InChI is InChI=1S/C11H22N2.C2H6/c1-9(2)13-8-7-12-10-5-3-4-6-11(10)13;1-2/h9-12H,3-8H2,1-2H3;1-2H3. The summed E-state index contributed by atoms with van der Waals surface area (Å²) in [6.07, 6.45) is 5.68. The van der Waals surface area contributed by atoms with E-state index in [2.05, 4.69) is 24.1 Å². The van der Waals surface area contributed by atoms with E-state index < -0.39 is 0 Å². The van der Waals surface area contributed by atoms with E-state index >= 15 is 0 Å². The number of rotatable bonds is 1. The summed E-state index contributed by atoms with van der Waals surface area (Å²) in [6.45, 7) is 11.1. The van der Waals surface area contributed by atoms with Crippen molar-refractivity contribution in [3.05, 3.63) is 0 Å². The smallest absolute Gasteiger partial charge is 0.0252 e. The molecule has 15 heavy (non-hydrogen) atoms. The van der Waals surface area contributed by atoms with Gasteiger partial charge >= 0.3 is 0 Å². The summed E-state index contributed by atoms with van der Waals surface area (Å²) in [5.41, 5.74) is 0. The van der Waals surface area contributed by atoms with E-state index in [9.17, 15) is 0 Å². The zero-order chi connectivity index (χ0) is 11.3. The van der Waals surface area contributed by atoms with Gasteiger partial charge in [-0.25, -0.2) is 0 Å². The molecule has 1 N–H and O–H groups in total. The summed E-state index contributed by atoms with van der Waals surface area (Å²) in [7, 11) is 0. The van der Waals surface area contributed by atoms with Crippen LogP contribution >= 0.6 is 0 Å². The van der Waals surface area contributed by atoms with E-state index in [1.807, 2.05) is 13.8 Å². The fourth-order valence-electron chi connectivity index (χ4n) is 2.93. The second kappa shape index (κ2) is 6.49. The van der Waals surface area contributed by atoms with Crippen LogP contribution in [-0.4, -0.2) is 36.1 Å². The lowest BCUT2D eigenvalue weighted by molar-refractivity contribution is 0.0618. The average molecular weight is 212 g/mol. The molecule has 1 aliphatic heterocycles. The van der Waals surface area contributed by atoms with Gasteiger partial charge in [-0.15, -0.1) is 0 Å². The summed E-state index contributed by atoms with van der Waals surface area (Å²) < 4.78 is 0. The Morgan fingerprint density at radius 1 is 1.13 bits per heavy atom. The zero-order valence-electron chi connectivity index (χ0n) is 10.9. The second-order valence-electron chi connectivity index (χ2n) is 4.74. The molecule has 1 heterocycles. The van der Waals surface area contributed by atoms with Gasteiger partial charge in [0.15, 0.2) is 0 Å². The van der Waals surface area contributed by atoms with Gasteiger partial charge in [-0.1, -0.05) is 26.7 Å². The summed E-state index contributed by atoms with van der Waals surface area (Å²) in [6, 6.07) is 2.36. The van der Waals surface area contributed by atoms with Gasteiger partial charge in [0.2, 0.25) is 0 Å². The molecule has 0 spiro atoms. The molecule has 2 aliphatic rings. The highest BCUT2D eigenvalue weighted by molar-refractivity contribution is 4.93. The normalized spacial score (nSPS) is 31.8. The van der Waals surface area contributed by atoms with Gasteiger partial charge in [0.1, 0.15) is 0 Å². The van der Waals surface area contributed by atoms with E-state index in [1.165, 1.54) is 38.8 Å². The van der Waals surface area contributed by atoms with E-state index in [4.69, 9.17) is 0 Å². The molecule has 0 radical (unpaired) electrons. The molecule has 2 atom stereocenters. The third kappa shape index (κ3) is 3.18. The molecule has 1 saturated carbocycles. The number of fused-ring (bicyclic) bond motifs is 1. The minimum absolute atomic E-state index is 0.729. The Hall–Kier alpha value is -0.0800. The first-order chi connectivity index (χ1) is 7.29. The monoisotopic (exact) mass is 212 g/mol. The predicted octanol–water partition coefficient (Wildman–Crippen LogP) is 2.64. The van der Waals surface area contributed by atoms with Gasteiger partial charge in [-0.2, -0.15) is 0 Å². The van der Waals surface area contributed by atoms with E-state index in [-0.39, 0.29) is 0 Å².